The number of nitrogens with one attached hydrogen (secondary N) is 2. The Bertz CT molecular complexity index is 839. The molecule has 2 aromatic rings. The second kappa shape index (κ2) is 10.5. The number of hydrogen-bond acceptors (Lipinski definition) is 4. The van der Waals surface area contributed by atoms with Gasteiger partial charge in [0.15, 0.2) is 0 Å². The molecule has 2 aromatic carbocycles. The van der Waals surface area contributed by atoms with Gasteiger partial charge in [-0.3, -0.25) is 14.5 Å². The Morgan fingerprint density at radius 3 is 2.31 bits per heavy atom. The van der Waals surface area contributed by atoms with Gasteiger partial charge in [0.05, 0.1) is 13.2 Å². The van der Waals surface area contributed by atoms with Gasteiger partial charge in [-0.05, 0) is 34.9 Å². The van der Waals surface area contributed by atoms with Crippen LogP contribution >= 0.6 is 0 Å². The van der Waals surface area contributed by atoms with E-state index in [2.05, 4.69) is 39.8 Å². The Hall–Kier alpha value is -2.96. The third-order valence-corrected chi connectivity index (χ3v) is 4.66. The predicted octanol–water partition coefficient (Wildman–Crippen LogP) is 2.81. The summed E-state index contributed by atoms with van der Waals surface area (Å²) in [6, 6.07) is 15.6. The molecule has 6 nitrogen and oxygen atoms in total. The lowest BCUT2D eigenvalue weighted by atomic mass is 10.1. The Morgan fingerprint density at radius 2 is 1.66 bits per heavy atom. The van der Waals surface area contributed by atoms with Crippen LogP contribution in [0.5, 0.6) is 0 Å². The molecule has 29 heavy (non-hydrogen) atoms. The summed E-state index contributed by atoms with van der Waals surface area (Å²) in [5.74, 6) is -0.255. The molecular formula is C23H27N3O3. The van der Waals surface area contributed by atoms with Crippen LogP contribution in [0, 0.1) is 0 Å². The van der Waals surface area contributed by atoms with Crippen molar-refractivity contribution in [2.45, 2.75) is 20.0 Å². The molecule has 3 rings (SSSR count). The first-order chi connectivity index (χ1) is 14.1. The van der Waals surface area contributed by atoms with Crippen molar-refractivity contribution in [2.24, 2.45) is 0 Å². The summed E-state index contributed by atoms with van der Waals surface area (Å²) in [6.45, 7) is 6.44. The fourth-order valence-electron chi connectivity index (χ4n) is 3.08. The zero-order valence-corrected chi connectivity index (χ0v) is 16.7. The fraction of sp³-hybridized carbons (Fsp3) is 0.304. The van der Waals surface area contributed by atoms with Gasteiger partial charge >= 0.3 is 0 Å². The van der Waals surface area contributed by atoms with Crippen molar-refractivity contribution in [3.8, 4) is 0 Å². The summed E-state index contributed by atoms with van der Waals surface area (Å²) >= 11 is 0. The summed E-state index contributed by atoms with van der Waals surface area (Å²) in [5, 5.41) is 5.61. The molecule has 1 saturated heterocycles. The highest BCUT2D eigenvalue weighted by molar-refractivity contribution is 5.92. The molecule has 0 spiro atoms. The van der Waals surface area contributed by atoms with E-state index in [1.165, 1.54) is 18.6 Å². The van der Waals surface area contributed by atoms with Crippen LogP contribution in [-0.4, -0.2) is 43.0 Å². The standard InChI is InChI=1S/C23H27N3O3/c1-18(27)25-22-9-6-19(7-10-22)8-11-23(28)24-16-20-2-4-21(5-3-20)17-26-12-14-29-15-13-26/h2-11H,12-17H2,1H3,(H,24,28)(H,25,27)/b11-8+. The highest BCUT2D eigenvalue weighted by Gasteiger charge is 2.10. The molecular weight excluding hydrogens is 366 g/mol. The van der Waals surface area contributed by atoms with E-state index < -0.39 is 0 Å². The maximum absolute atomic E-state index is 12.1. The minimum atomic E-state index is -0.145. The molecule has 2 amide bonds. The highest BCUT2D eigenvalue weighted by Crippen LogP contribution is 2.11. The first kappa shape index (κ1) is 20.8. The Balaban J connectivity index is 1.43. The largest absolute Gasteiger partial charge is 0.379 e. The van der Waals surface area contributed by atoms with E-state index in [1.807, 2.05) is 12.1 Å². The molecule has 1 aliphatic rings. The number of morpholine rings is 1. The number of rotatable bonds is 7. The van der Waals surface area contributed by atoms with E-state index in [0.717, 1.165) is 49.7 Å². The fourth-order valence-corrected chi connectivity index (χ4v) is 3.08. The van der Waals surface area contributed by atoms with Gasteiger partial charge in [-0.15, -0.1) is 0 Å². The number of anilines is 1. The Kier molecular flexibility index (Phi) is 7.55. The van der Waals surface area contributed by atoms with Crippen molar-refractivity contribution in [3.05, 3.63) is 71.3 Å². The van der Waals surface area contributed by atoms with Gasteiger partial charge in [0.25, 0.3) is 0 Å². The lowest BCUT2D eigenvalue weighted by molar-refractivity contribution is -0.116. The molecule has 0 atom stereocenters. The van der Waals surface area contributed by atoms with Gasteiger partial charge in [-0.1, -0.05) is 36.4 Å². The van der Waals surface area contributed by atoms with E-state index in [0.29, 0.717) is 6.54 Å². The second-order valence-electron chi connectivity index (χ2n) is 7.06. The van der Waals surface area contributed by atoms with Gasteiger partial charge in [-0.25, -0.2) is 0 Å². The van der Waals surface area contributed by atoms with Crippen LogP contribution in [0.1, 0.15) is 23.6 Å². The predicted molar refractivity (Wildman–Crippen MR) is 114 cm³/mol. The molecule has 152 valence electrons. The molecule has 0 saturated carbocycles. The van der Waals surface area contributed by atoms with Crippen molar-refractivity contribution in [1.82, 2.24) is 10.2 Å². The van der Waals surface area contributed by atoms with E-state index in [4.69, 9.17) is 4.74 Å². The van der Waals surface area contributed by atoms with Crippen molar-refractivity contribution in [2.75, 3.05) is 31.6 Å². The smallest absolute Gasteiger partial charge is 0.244 e. The number of hydrogen-bond donors (Lipinski definition) is 2. The maximum Gasteiger partial charge on any atom is 0.244 e. The van der Waals surface area contributed by atoms with Crippen molar-refractivity contribution < 1.29 is 14.3 Å². The van der Waals surface area contributed by atoms with Gasteiger partial charge in [0.1, 0.15) is 0 Å². The van der Waals surface area contributed by atoms with Gasteiger partial charge in [-0.2, -0.15) is 0 Å². The van der Waals surface area contributed by atoms with Crippen LogP contribution in [0.4, 0.5) is 5.69 Å². The first-order valence-electron chi connectivity index (χ1n) is 9.80. The third-order valence-electron chi connectivity index (χ3n) is 4.66. The van der Waals surface area contributed by atoms with E-state index in [9.17, 15) is 9.59 Å². The Labute approximate surface area is 171 Å². The minimum Gasteiger partial charge on any atom is -0.379 e. The number of benzene rings is 2. The monoisotopic (exact) mass is 393 g/mol. The molecule has 0 unspecified atom stereocenters. The Morgan fingerprint density at radius 1 is 1.00 bits per heavy atom. The van der Waals surface area contributed by atoms with E-state index in [-0.39, 0.29) is 11.8 Å². The molecule has 0 aliphatic carbocycles. The topological polar surface area (TPSA) is 70.7 Å². The number of nitrogens with zero attached hydrogens (tertiary/aromatic N) is 1. The highest BCUT2D eigenvalue weighted by atomic mass is 16.5. The SMILES string of the molecule is CC(=O)Nc1ccc(/C=C/C(=O)NCc2ccc(CN3CCOCC3)cc2)cc1. The van der Waals surface area contributed by atoms with Gasteiger partial charge in [0, 0.05) is 44.9 Å². The zero-order valence-electron chi connectivity index (χ0n) is 16.7. The zero-order chi connectivity index (χ0) is 20.5. The minimum absolute atomic E-state index is 0.109. The van der Waals surface area contributed by atoms with Crippen LogP contribution in [0.2, 0.25) is 0 Å². The van der Waals surface area contributed by atoms with Crippen LogP contribution in [0.3, 0.4) is 0 Å². The quantitative estimate of drug-likeness (QED) is 0.710. The lowest BCUT2D eigenvalue weighted by Crippen LogP contribution is -2.35. The number of carbonyl (C=O) groups excluding carboxylic acids is 2. The summed E-state index contributed by atoms with van der Waals surface area (Å²) in [4.78, 5) is 25.5. The lowest BCUT2D eigenvalue weighted by Gasteiger charge is -2.26. The van der Waals surface area contributed by atoms with Crippen LogP contribution in [-0.2, 0) is 27.4 Å². The van der Waals surface area contributed by atoms with E-state index in [1.54, 1.807) is 18.2 Å². The van der Waals surface area contributed by atoms with Crippen LogP contribution in [0.25, 0.3) is 6.08 Å². The van der Waals surface area contributed by atoms with Crippen molar-refractivity contribution in [3.63, 3.8) is 0 Å². The molecule has 0 aromatic heterocycles. The summed E-state index contributed by atoms with van der Waals surface area (Å²) < 4.78 is 5.38. The third kappa shape index (κ3) is 7.18. The average molecular weight is 393 g/mol. The normalized spacial score (nSPS) is 14.7. The summed E-state index contributed by atoms with van der Waals surface area (Å²) in [7, 11) is 0. The molecule has 6 heteroatoms. The second-order valence-corrected chi connectivity index (χ2v) is 7.06. The number of ether oxygens (including phenoxy) is 1. The van der Waals surface area contributed by atoms with Gasteiger partial charge in [0.2, 0.25) is 11.8 Å². The molecule has 1 fully saturated rings. The first-order valence-corrected chi connectivity index (χ1v) is 9.80. The van der Waals surface area contributed by atoms with Crippen LogP contribution in [0.15, 0.2) is 54.6 Å². The maximum atomic E-state index is 12.1. The van der Waals surface area contributed by atoms with Crippen molar-refractivity contribution in [1.29, 1.82) is 0 Å². The van der Waals surface area contributed by atoms with E-state index >= 15 is 0 Å². The number of amides is 2. The summed E-state index contributed by atoms with van der Waals surface area (Å²) in [5.41, 5.74) is 3.96. The molecule has 1 aliphatic heterocycles. The molecule has 1 heterocycles. The molecule has 0 bridgehead atoms. The van der Waals surface area contributed by atoms with Crippen LogP contribution < -0.4 is 10.6 Å². The molecule has 0 radical (unpaired) electrons. The van der Waals surface area contributed by atoms with Crippen molar-refractivity contribution >= 4 is 23.6 Å². The number of carbonyl (C=O) groups is 2. The summed E-state index contributed by atoms with van der Waals surface area (Å²) in [6.07, 6.45) is 3.26. The van der Waals surface area contributed by atoms with Gasteiger partial charge < -0.3 is 15.4 Å². The average Bonchev–Trinajstić information content (AvgIpc) is 2.73. The molecule has 2 N–H and O–H groups in total.